The van der Waals surface area contributed by atoms with Gasteiger partial charge in [-0.25, -0.2) is 0 Å². The number of amides is 1. The van der Waals surface area contributed by atoms with E-state index >= 15 is 0 Å². The summed E-state index contributed by atoms with van der Waals surface area (Å²) in [5, 5.41) is 9.86. The van der Waals surface area contributed by atoms with Gasteiger partial charge in [0.1, 0.15) is 0 Å². The summed E-state index contributed by atoms with van der Waals surface area (Å²) in [7, 11) is 0. The van der Waals surface area contributed by atoms with Gasteiger partial charge in [-0.2, -0.15) is 0 Å². The van der Waals surface area contributed by atoms with E-state index in [1.807, 2.05) is 11.8 Å². The molecular formula is C14H27NO2. The zero-order chi connectivity index (χ0) is 13.1. The van der Waals surface area contributed by atoms with Crippen molar-refractivity contribution in [3.63, 3.8) is 0 Å². The molecule has 17 heavy (non-hydrogen) atoms. The maximum absolute atomic E-state index is 12.5. The number of likely N-dealkylation sites (N-methyl/N-ethyl adjacent to an activating group) is 1. The first-order valence-corrected chi connectivity index (χ1v) is 6.80. The Labute approximate surface area is 105 Å². The summed E-state index contributed by atoms with van der Waals surface area (Å²) < 4.78 is 0. The van der Waals surface area contributed by atoms with Gasteiger partial charge in [0.25, 0.3) is 0 Å². The molecule has 3 heteroatoms. The van der Waals surface area contributed by atoms with Crippen LogP contribution in [-0.4, -0.2) is 34.6 Å². The normalized spacial score (nSPS) is 20.1. The molecule has 0 unspecified atom stereocenters. The van der Waals surface area contributed by atoms with Gasteiger partial charge in [-0.15, -0.1) is 0 Å². The summed E-state index contributed by atoms with van der Waals surface area (Å²) in [5.41, 5.74) is -1.00. The summed E-state index contributed by atoms with van der Waals surface area (Å²) in [6.07, 6.45) is 5.55. The topological polar surface area (TPSA) is 40.5 Å². The molecule has 1 rings (SSSR count). The minimum atomic E-state index is -0.809. The van der Waals surface area contributed by atoms with E-state index in [1.54, 1.807) is 13.8 Å². The predicted octanol–water partition coefficient (Wildman–Crippen LogP) is 2.58. The van der Waals surface area contributed by atoms with Crippen molar-refractivity contribution in [1.29, 1.82) is 0 Å². The average Bonchev–Trinajstić information content (AvgIpc) is 2.25. The number of aliphatic hydroxyl groups is 1. The highest BCUT2D eigenvalue weighted by Crippen LogP contribution is 2.37. The third-order valence-electron chi connectivity index (χ3n) is 3.72. The second-order valence-electron chi connectivity index (χ2n) is 6.25. The first kappa shape index (κ1) is 14.5. The Hall–Kier alpha value is -0.570. The Morgan fingerprint density at radius 3 is 2.24 bits per heavy atom. The molecule has 0 spiro atoms. The van der Waals surface area contributed by atoms with Crippen molar-refractivity contribution in [2.45, 2.75) is 65.4 Å². The van der Waals surface area contributed by atoms with Crippen molar-refractivity contribution < 1.29 is 9.90 Å². The number of rotatable bonds is 4. The standard InChI is InChI=1S/C14H27NO2/c1-5-15(11-13(2,3)17)12(16)14(4)9-7-6-8-10-14/h17H,5-11H2,1-4H3. The molecule has 0 aromatic rings. The van der Waals surface area contributed by atoms with Crippen molar-refractivity contribution in [2.24, 2.45) is 5.41 Å². The van der Waals surface area contributed by atoms with Crippen molar-refractivity contribution >= 4 is 5.91 Å². The Balaban J connectivity index is 2.71. The van der Waals surface area contributed by atoms with Crippen LogP contribution in [0.4, 0.5) is 0 Å². The average molecular weight is 241 g/mol. The lowest BCUT2D eigenvalue weighted by atomic mass is 9.74. The van der Waals surface area contributed by atoms with Gasteiger partial charge < -0.3 is 10.0 Å². The Morgan fingerprint density at radius 2 is 1.82 bits per heavy atom. The van der Waals surface area contributed by atoms with Gasteiger partial charge in [0.05, 0.1) is 5.60 Å². The zero-order valence-electron chi connectivity index (χ0n) is 11.8. The van der Waals surface area contributed by atoms with Crippen LogP contribution in [0.15, 0.2) is 0 Å². The first-order valence-electron chi connectivity index (χ1n) is 6.80. The Bertz CT molecular complexity index is 262. The summed E-state index contributed by atoms with van der Waals surface area (Å²) in [6, 6.07) is 0. The SMILES string of the molecule is CCN(CC(C)(C)O)C(=O)C1(C)CCCCC1. The third kappa shape index (κ3) is 3.98. The molecule has 1 N–H and O–H groups in total. The van der Waals surface area contributed by atoms with Crippen molar-refractivity contribution in [3.05, 3.63) is 0 Å². The van der Waals surface area contributed by atoms with E-state index < -0.39 is 5.60 Å². The van der Waals surface area contributed by atoms with E-state index in [0.29, 0.717) is 13.1 Å². The van der Waals surface area contributed by atoms with Crippen LogP contribution < -0.4 is 0 Å². The molecule has 0 heterocycles. The molecule has 0 saturated heterocycles. The molecule has 1 fully saturated rings. The summed E-state index contributed by atoms with van der Waals surface area (Å²) in [5.74, 6) is 0.224. The van der Waals surface area contributed by atoms with Crippen LogP contribution in [0.1, 0.15) is 59.8 Å². The van der Waals surface area contributed by atoms with Crippen LogP contribution in [0.5, 0.6) is 0 Å². The van der Waals surface area contributed by atoms with E-state index in [2.05, 4.69) is 6.92 Å². The van der Waals surface area contributed by atoms with Crippen LogP contribution in [0, 0.1) is 5.41 Å². The molecule has 0 aromatic heterocycles. The van der Waals surface area contributed by atoms with Gasteiger partial charge in [0.2, 0.25) is 5.91 Å². The van der Waals surface area contributed by atoms with Crippen molar-refractivity contribution in [2.75, 3.05) is 13.1 Å². The number of nitrogens with zero attached hydrogens (tertiary/aromatic N) is 1. The molecule has 1 amide bonds. The minimum absolute atomic E-state index is 0.195. The quantitative estimate of drug-likeness (QED) is 0.822. The summed E-state index contributed by atoms with van der Waals surface area (Å²) in [4.78, 5) is 14.4. The fourth-order valence-electron chi connectivity index (χ4n) is 2.72. The van der Waals surface area contributed by atoms with Gasteiger partial charge in [-0.3, -0.25) is 4.79 Å². The number of hydrogen-bond donors (Lipinski definition) is 1. The maximum atomic E-state index is 12.5. The highest BCUT2D eigenvalue weighted by atomic mass is 16.3. The third-order valence-corrected chi connectivity index (χ3v) is 3.72. The Morgan fingerprint density at radius 1 is 1.29 bits per heavy atom. The number of hydrogen-bond acceptors (Lipinski definition) is 2. The van der Waals surface area contributed by atoms with Crippen LogP contribution in [0.2, 0.25) is 0 Å². The molecule has 1 aliphatic carbocycles. The molecule has 0 aromatic carbocycles. The summed E-state index contributed by atoms with van der Waals surface area (Å²) in [6.45, 7) is 8.69. The fourth-order valence-corrected chi connectivity index (χ4v) is 2.72. The van der Waals surface area contributed by atoms with Gasteiger partial charge in [0, 0.05) is 18.5 Å². The lowest BCUT2D eigenvalue weighted by molar-refractivity contribution is -0.145. The number of carbonyl (C=O) groups excluding carboxylic acids is 1. The molecule has 1 saturated carbocycles. The van der Waals surface area contributed by atoms with Crippen LogP contribution in [0.25, 0.3) is 0 Å². The van der Waals surface area contributed by atoms with Gasteiger partial charge in [0.15, 0.2) is 0 Å². The monoisotopic (exact) mass is 241 g/mol. The zero-order valence-corrected chi connectivity index (χ0v) is 11.8. The minimum Gasteiger partial charge on any atom is -0.389 e. The van der Waals surface area contributed by atoms with Gasteiger partial charge in [-0.1, -0.05) is 26.2 Å². The highest BCUT2D eigenvalue weighted by molar-refractivity contribution is 5.82. The second-order valence-corrected chi connectivity index (χ2v) is 6.25. The van der Waals surface area contributed by atoms with E-state index in [9.17, 15) is 9.90 Å². The molecule has 0 radical (unpaired) electrons. The molecule has 1 aliphatic rings. The highest BCUT2D eigenvalue weighted by Gasteiger charge is 2.38. The molecular weight excluding hydrogens is 214 g/mol. The van der Waals surface area contributed by atoms with E-state index in [4.69, 9.17) is 0 Å². The van der Waals surface area contributed by atoms with Gasteiger partial charge >= 0.3 is 0 Å². The molecule has 0 bridgehead atoms. The lowest BCUT2D eigenvalue weighted by Gasteiger charge is -2.38. The van der Waals surface area contributed by atoms with E-state index in [1.165, 1.54) is 6.42 Å². The van der Waals surface area contributed by atoms with E-state index in [-0.39, 0.29) is 11.3 Å². The predicted molar refractivity (Wildman–Crippen MR) is 69.7 cm³/mol. The maximum Gasteiger partial charge on any atom is 0.228 e. The van der Waals surface area contributed by atoms with Crippen LogP contribution >= 0.6 is 0 Å². The van der Waals surface area contributed by atoms with Gasteiger partial charge in [-0.05, 0) is 33.6 Å². The second kappa shape index (κ2) is 5.38. The van der Waals surface area contributed by atoms with Crippen LogP contribution in [-0.2, 0) is 4.79 Å². The largest absolute Gasteiger partial charge is 0.389 e. The Kier molecular flexibility index (Phi) is 4.59. The van der Waals surface area contributed by atoms with Crippen molar-refractivity contribution in [3.8, 4) is 0 Å². The first-order chi connectivity index (χ1) is 7.78. The number of carbonyl (C=O) groups is 1. The summed E-state index contributed by atoms with van der Waals surface area (Å²) >= 11 is 0. The van der Waals surface area contributed by atoms with Crippen molar-refractivity contribution in [1.82, 2.24) is 4.90 Å². The molecule has 100 valence electrons. The smallest absolute Gasteiger partial charge is 0.228 e. The fraction of sp³-hybridized carbons (Fsp3) is 0.929. The molecule has 0 aliphatic heterocycles. The van der Waals surface area contributed by atoms with E-state index in [0.717, 1.165) is 25.7 Å². The van der Waals surface area contributed by atoms with Crippen LogP contribution in [0.3, 0.4) is 0 Å². The molecule has 0 atom stereocenters. The lowest BCUT2D eigenvalue weighted by Crippen LogP contribution is -2.48. The molecule has 3 nitrogen and oxygen atoms in total.